The molecule has 1 amide bonds. The summed E-state index contributed by atoms with van der Waals surface area (Å²) < 4.78 is 0. The third-order valence-electron chi connectivity index (χ3n) is 4.12. The second-order valence-electron chi connectivity index (χ2n) is 6.15. The Kier molecular flexibility index (Phi) is 6.32. The first-order chi connectivity index (χ1) is 8.93. The number of hydrogen-bond donors (Lipinski definition) is 2. The van der Waals surface area contributed by atoms with Gasteiger partial charge < -0.3 is 10.4 Å². The zero-order valence-corrected chi connectivity index (χ0v) is 12.3. The molecule has 0 heterocycles. The van der Waals surface area contributed by atoms with E-state index in [9.17, 15) is 9.59 Å². The van der Waals surface area contributed by atoms with Crippen molar-refractivity contribution in [1.29, 1.82) is 0 Å². The summed E-state index contributed by atoms with van der Waals surface area (Å²) in [7, 11) is 0. The van der Waals surface area contributed by atoms with Crippen LogP contribution in [-0.4, -0.2) is 23.0 Å². The number of carbonyl (C=O) groups excluding carboxylic acids is 1. The molecule has 19 heavy (non-hydrogen) atoms. The van der Waals surface area contributed by atoms with Gasteiger partial charge in [0.2, 0.25) is 5.91 Å². The Balaban J connectivity index is 2.46. The lowest BCUT2D eigenvalue weighted by Crippen LogP contribution is -2.45. The van der Waals surface area contributed by atoms with Crippen LogP contribution in [0.4, 0.5) is 0 Å². The molecule has 0 radical (unpaired) electrons. The summed E-state index contributed by atoms with van der Waals surface area (Å²) in [5, 5.41) is 11.8. The largest absolute Gasteiger partial charge is 0.480 e. The van der Waals surface area contributed by atoms with Crippen molar-refractivity contribution in [3.63, 3.8) is 0 Å². The predicted octanol–water partition coefficient (Wildman–Crippen LogP) is 2.82. The molecule has 1 aliphatic carbocycles. The van der Waals surface area contributed by atoms with Gasteiger partial charge in [0.25, 0.3) is 0 Å². The van der Waals surface area contributed by atoms with E-state index in [-0.39, 0.29) is 17.7 Å². The number of carboxylic acids is 1. The Bertz CT molecular complexity index is 307. The van der Waals surface area contributed by atoms with E-state index in [1.54, 1.807) is 0 Å². The van der Waals surface area contributed by atoms with Gasteiger partial charge in [0.15, 0.2) is 0 Å². The lowest BCUT2D eigenvalue weighted by molar-refractivity contribution is -0.143. The minimum absolute atomic E-state index is 0.0109. The van der Waals surface area contributed by atoms with Crippen molar-refractivity contribution in [2.24, 2.45) is 17.8 Å². The zero-order chi connectivity index (χ0) is 14.4. The van der Waals surface area contributed by atoms with Crippen LogP contribution in [0.1, 0.15) is 59.3 Å². The molecule has 4 heteroatoms. The number of hydrogen-bond acceptors (Lipinski definition) is 2. The average Bonchev–Trinajstić information content (AvgIpc) is 2.37. The fraction of sp³-hybridized carbons (Fsp3) is 0.867. The molecule has 1 fully saturated rings. The molecule has 0 aromatic carbocycles. The molecule has 0 spiro atoms. The summed E-state index contributed by atoms with van der Waals surface area (Å²) in [5.41, 5.74) is 0. The Morgan fingerprint density at radius 3 is 2.21 bits per heavy atom. The fourth-order valence-corrected chi connectivity index (χ4v) is 2.82. The second-order valence-corrected chi connectivity index (χ2v) is 6.15. The number of rotatable bonds is 6. The monoisotopic (exact) mass is 269 g/mol. The van der Waals surface area contributed by atoms with Gasteiger partial charge in [-0.05, 0) is 43.9 Å². The molecule has 0 aliphatic heterocycles. The lowest BCUT2D eigenvalue weighted by Gasteiger charge is -2.28. The van der Waals surface area contributed by atoms with Crippen molar-refractivity contribution < 1.29 is 14.7 Å². The maximum absolute atomic E-state index is 12.1. The van der Waals surface area contributed by atoms with Crippen LogP contribution >= 0.6 is 0 Å². The molecule has 1 rings (SSSR count). The predicted molar refractivity (Wildman–Crippen MR) is 74.8 cm³/mol. The number of nitrogens with one attached hydrogen (secondary N) is 1. The standard InChI is InChI=1S/C15H27NO3/c1-4-11-5-7-12(8-6-11)14(17)16-13(15(18)19)9-10(2)3/h10-13H,4-9H2,1-3H3,(H,16,17)(H,18,19)/t11?,12?,13-/m0/s1. The Morgan fingerprint density at radius 1 is 1.21 bits per heavy atom. The summed E-state index contributed by atoms with van der Waals surface area (Å²) >= 11 is 0. The molecule has 0 aromatic rings. The fourth-order valence-electron chi connectivity index (χ4n) is 2.82. The van der Waals surface area contributed by atoms with E-state index in [0.29, 0.717) is 6.42 Å². The van der Waals surface area contributed by atoms with Gasteiger partial charge in [0.1, 0.15) is 6.04 Å². The van der Waals surface area contributed by atoms with Crippen molar-refractivity contribution >= 4 is 11.9 Å². The van der Waals surface area contributed by atoms with Crippen molar-refractivity contribution in [2.75, 3.05) is 0 Å². The van der Waals surface area contributed by atoms with Gasteiger partial charge in [-0.1, -0.05) is 27.2 Å². The maximum atomic E-state index is 12.1. The molecule has 110 valence electrons. The summed E-state index contributed by atoms with van der Waals surface area (Å²) in [4.78, 5) is 23.3. The molecular formula is C15H27NO3. The molecule has 0 aromatic heterocycles. The highest BCUT2D eigenvalue weighted by Crippen LogP contribution is 2.30. The van der Waals surface area contributed by atoms with Gasteiger partial charge in [-0.3, -0.25) is 4.79 Å². The topological polar surface area (TPSA) is 66.4 Å². The van der Waals surface area contributed by atoms with E-state index in [1.807, 2.05) is 13.8 Å². The van der Waals surface area contributed by atoms with Gasteiger partial charge in [-0.15, -0.1) is 0 Å². The van der Waals surface area contributed by atoms with Crippen LogP contribution in [0.25, 0.3) is 0 Å². The Labute approximate surface area is 116 Å². The van der Waals surface area contributed by atoms with E-state index in [2.05, 4.69) is 12.2 Å². The van der Waals surface area contributed by atoms with Gasteiger partial charge in [0.05, 0.1) is 0 Å². The van der Waals surface area contributed by atoms with Crippen LogP contribution < -0.4 is 5.32 Å². The average molecular weight is 269 g/mol. The molecule has 2 N–H and O–H groups in total. The highest BCUT2D eigenvalue weighted by atomic mass is 16.4. The van der Waals surface area contributed by atoms with Crippen LogP contribution in [-0.2, 0) is 9.59 Å². The van der Waals surface area contributed by atoms with Gasteiger partial charge >= 0.3 is 5.97 Å². The van der Waals surface area contributed by atoms with Crippen molar-refractivity contribution in [3.8, 4) is 0 Å². The third kappa shape index (κ3) is 5.21. The first-order valence-electron chi connectivity index (χ1n) is 7.47. The molecule has 1 atom stereocenters. The van der Waals surface area contributed by atoms with Crippen molar-refractivity contribution in [3.05, 3.63) is 0 Å². The summed E-state index contributed by atoms with van der Waals surface area (Å²) in [6.07, 6.45) is 5.66. The van der Waals surface area contributed by atoms with Crippen LogP contribution in [0, 0.1) is 17.8 Å². The SMILES string of the molecule is CCC1CCC(C(=O)N[C@@H](CC(C)C)C(=O)O)CC1. The Morgan fingerprint density at radius 2 is 1.79 bits per heavy atom. The van der Waals surface area contributed by atoms with E-state index >= 15 is 0 Å². The van der Waals surface area contributed by atoms with Gasteiger partial charge in [0, 0.05) is 5.92 Å². The first kappa shape index (κ1) is 16.0. The van der Waals surface area contributed by atoms with Crippen LogP contribution in [0.5, 0.6) is 0 Å². The normalized spacial score (nSPS) is 25.1. The number of amides is 1. The second kappa shape index (κ2) is 7.51. The highest BCUT2D eigenvalue weighted by Gasteiger charge is 2.29. The highest BCUT2D eigenvalue weighted by molar-refractivity contribution is 5.85. The van der Waals surface area contributed by atoms with Crippen LogP contribution in [0.3, 0.4) is 0 Å². The van der Waals surface area contributed by atoms with E-state index in [1.165, 1.54) is 6.42 Å². The van der Waals surface area contributed by atoms with E-state index in [0.717, 1.165) is 31.6 Å². The zero-order valence-electron chi connectivity index (χ0n) is 12.3. The van der Waals surface area contributed by atoms with Crippen molar-refractivity contribution in [1.82, 2.24) is 5.32 Å². The summed E-state index contributed by atoms with van der Waals surface area (Å²) in [6.45, 7) is 6.12. The Hall–Kier alpha value is -1.06. The smallest absolute Gasteiger partial charge is 0.326 e. The molecular weight excluding hydrogens is 242 g/mol. The first-order valence-corrected chi connectivity index (χ1v) is 7.47. The molecule has 0 saturated heterocycles. The minimum Gasteiger partial charge on any atom is -0.480 e. The van der Waals surface area contributed by atoms with Crippen molar-refractivity contribution in [2.45, 2.75) is 65.3 Å². The van der Waals surface area contributed by atoms with Gasteiger partial charge in [-0.25, -0.2) is 4.79 Å². The third-order valence-corrected chi connectivity index (χ3v) is 4.12. The molecule has 4 nitrogen and oxygen atoms in total. The van der Waals surface area contributed by atoms with E-state index in [4.69, 9.17) is 5.11 Å². The molecule has 1 aliphatic rings. The van der Waals surface area contributed by atoms with E-state index < -0.39 is 12.0 Å². The summed E-state index contributed by atoms with van der Waals surface area (Å²) in [6, 6.07) is -0.739. The quantitative estimate of drug-likeness (QED) is 0.779. The summed E-state index contributed by atoms with van der Waals surface area (Å²) in [5.74, 6) is 0.0240. The lowest BCUT2D eigenvalue weighted by atomic mass is 9.80. The number of aliphatic carboxylic acids is 1. The van der Waals surface area contributed by atoms with Crippen LogP contribution in [0.2, 0.25) is 0 Å². The molecule has 1 saturated carbocycles. The minimum atomic E-state index is -0.927. The maximum Gasteiger partial charge on any atom is 0.326 e. The van der Waals surface area contributed by atoms with Crippen LogP contribution in [0.15, 0.2) is 0 Å². The molecule has 0 bridgehead atoms. The van der Waals surface area contributed by atoms with Gasteiger partial charge in [-0.2, -0.15) is 0 Å². The number of carbonyl (C=O) groups is 2. The molecule has 0 unspecified atom stereocenters. The number of carboxylic acid groups (broad SMARTS) is 1.